The molecule has 0 fully saturated rings. The molecule has 0 aromatic carbocycles. The van der Waals surface area contributed by atoms with Gasteiger partial charge in [-0.05, 0) is 52.0 Å². The molecule has 0 saturated heterocycles. The van der Waals surface area contributed by atoms with Crippen molar-refractivity contribution in [1.82, 2.24) is 10.2 Å². The van der Waals surface area contributed by atoms with E-state index in [0.717, 1.165) is 24.8 Å². The number of amides is 2. The van der Waals surface area contributed by atoms with Crippen molar-refractivity contribution in [2.24, 2.45) is 0 Å². The van der Waals surface area contributed by atoms with Crippen LogP contribution >= 0.6 is 11.3 Å². The first-order valence-electron chi connectivity index (χ1n) is 7.43. The first-order chi connectivity index (χ1) is 9.78. The summed E-state index contributed by atoms with van der Waals surface area (Å²) in [5.74, 6) is -0.166. The van der Waals surface area contributed by atoms with E-state index >= 15 is 0 Å². The number of likely N-dealkylation sites (N-methyl/N-ethyl adjacent to an activating group) is 1. The summed E-state index contributed by atoms with van der Waals surface area (Å²) in [4.78, 5) is 27.3. The molecule has 0 bridgehead atoms. The minimum Gasteiger partial charge on any atom is -0.350 e. The molecule has 0 radical (unpaired) electrons. The van der Waals surface area contributed by atoms with Gasteiger partial charge in [0, 0.05) is 22.8 Å². The van der Waals surface area contributed by atoms with E-state index < -0.39 is 0 Å². The Morgan fingerprint density at radius 3 is 2.62 bits per heavy atom. The third-order valence-electron chi connectivity index (χ3n) is 3.53. The summed E-state index contributed by atoms with van der Waals surface area (Å²) in [6, 6.07) is 0. The fourth-order valence-corrected chi connectivity index (χ4v) is 3.74. The lowest BCUT2D eigenvalue weighted by atomic mass is 9.95. The maximum atomic E-state index is 12.5. The summed E-state index contributed by atoms with van der Waals surface area (Å²) >= 11 is 1.68. The van der Waals surface area contributed by atoms with Gasteiger partial charge < -0.3 is 10.2 Å². The topological polar surface area (TPSA) is 49.4 Å². The Morgan fingerprint density at radius 2 is 1.95 bits per heavy atom. The van der Waals surface area contributed by atoms with Crippen LogP contribution in [0.15, 0.2) is 5.38 Å². The summed E-state index contributed by atoms with van der Waals surface area (Å²) in [5.41, 5.74) is 1.72. The lowest BCUT2D eigenvalue weighted by Gasteiger charge is -2.23. The van der Waals surface area contributed by atoms with E-state index in [0.29, 0.717) is 0 Å². The molecule has 1 aliphatic rings. The molecule has 1 heterocycles. The summed E-state index contributed by atoms with van der Waals surface area (Å²) in [7, 11) is 1.69. The van der Waals surface area contributed by atoms with Gasteiger partial charge in [-0.2, -0.15) is 0 Å². The number of carbonyl (C=O) groups is 2. The Labute approximate surface area is 130 Å². The van der Waals surface area contributed by atoms with Crippen LogP contribution in [-0.2, 0) is 17.6 Å². The van der Waals surface area contributed by atoms with E-state index in [1.54, 1.807) is 18.4 Å². The van der Waals surface area contributed by atoms with Crippen molar-refractivity contribution in [1.29, 1.82) is 0 Å². The van der Waals surface area contributed by atoms with Gasteiger partial charge in [-0.3, -0.25) is 9.59 Å². The van der Waals surface area contributed by atoms with Crippen LogP contribution in [-0.4, -0.2) is 35.8 Å². The number of thiophene rings is 1. The van der Waals surface area contributed by atoms with Crippen LogP contribution in [0.1, 0.15) is 54.4 Å². The second-order valence-electron chi connectivity index (χ2n) is 6.72. The van der Waals surface area contributed by atoms with Crippen LogP contribution < -0.4 is 5.32 Å². The number of fused-ring (bicyclic) bond motifs is 1. The standard InChI is InChI=1S/C16H24N2O2S/c1-16(2,3)17-14(19)9-18(4)15(20)12-10-21-13-8-6-5-7-11(12)13/h10H,5-9H2,1-4H3,(H,17,19). The molecular weight excluding hydrogens is 284 g/mol. The van der Waals surface area contributed by atoms with Crippen LogP contribution in [0.5, 0.6) is 0 Å². The normalized spacial score (nSPS) is 14.5. The lowest BCUT2D eigenvalue weighted by molar-refractivity contribution is -0.122. The maximum absolute atomic E-state index is 12.5. The van der Waals surface area contributed by atoms with Crippen LogP contribution in [0, 0.1) is 0 Å². The summed E-state index contributed by atoms with van der Waals surface area (Å²) in [6.07, 6.45) is 4.44. The van der Waals surface area contributed by atoms with Gasteiger partial charge in [0.2, 0.25) is 5.91 Å². The van der Waals surface area contributed by atoms with E-state index in [9.17, 15) is 9.59 Å². The SMILES string of the molecule is CN(CC(=O)NC(C)(C)C)C(=O)c1csc2c1CCCC2. The molecule has 1 aliphatic carbocycles. The van der Waals surface area contributed by atoms with Crippen molar-refractivity contribution in [2.45, 2.75) is 52.0 Å². The van der Waals surface area contributed by atoms with Gasteiger partial charge >= 0.3 is 0 Å². The second-order valence-corrected chi connectivity index (χ2v) is 7.68. The molecule has 0 spiro atoms. The Kier molecular flexibility index (Phi) is 4.71. The number of rotatable bonds is 3. The van der Waals surface area contributed by atoms with Gasteiger partial charge in [0.15, 0.2) is 0 Å². The molecule has 4 nitrogen and oxygen atoms in total. The number of hydrogen-bond donors (Lipinski definition) is 1. The van der Waals surface area contributed by atoms with Crippen LogP contribution in [0.2, 0.25) is 0 Å². The highest BCUT2D eigenvalue weighted by Gasteiger charge is 2.24. The zero-order valence-corrected chi connectivity index (χ0v) is 14.1. The highest BCUT2D eigenvalue weighted by atomic mass is 32.1. The maximum Gasteiger partial charge on any atom is 0.255 e. The predicted octanol–water partition coefficient (Wildman–Crippen LogP) is 2.61. The molecule has 0 saturated carbocycles. The number of carbonyl (C=O) groups excluding carboxylic acids is 2. The van der Waals surface area contributed by atoms with Gasteiger partial charge in [-0.25, -0.2) is 0 Å². The highest BCUT2D eigenvalue weighted by molar-refractivity contribution is 7.10. The van der Waals surface area contributed by atoms with Gasteiger partial charge in [-0.1, -0.05) is 0 Å². The molecule has 1 aromatic heterocycles. The van der Waals surface area contributed by atoms with E-state index in [2.05, 4.69) is 5.32 Å². The zero-order valence-electron chi connectivity index (χ0n) is 13.3. The Hall–Kier alpha value is -1.36. The minimum atomic E-state index is -0.275. The van der Waals surface area contributed by atoms with Gasteiger partial charge in [-0.15, -0.1) is 11.3 Å². The summed E-state index contributed by atoms with van der Waals surface area (Å²) < 4.78 is 0. The monoisotopic (exact) mass is 308 g/mol. The van der Waals surface area contributed by atoms with Gasteiger partial charge in [0.25, 0.3) is 5.91 Å². The highest BCUT2D eigenvalue weighted by Crippen LogP contribution is 2.30. The first kappa shape index (κ1) is 16.0. The number of nitrogens with one attached hydrogen (secondary N) is 1. The molecule has 1 N–H and O–H groups in total. The molecule has 0 aliphatic heterocycles. The Bertz CT molecular complexity index is 543. The molecule has 21 heavy (non-hydrogen) atoms. The lowest BCUT2D eigenvalue weighted by Crippen LogP contribution is -2.46. The molecule has 1 aromatic rings. The van der Waals surface area contributed by atoms with E-state index in [1.807, 2.05) is 26.2 Å². The minimum absolute atomic E-state index is 0.0431. The van der Waals surface area contributed by atoms with Crippen molar-refractivity contribution < 1.29 is 9.59 Å². The van der Waals surface area contributed by atoms with E-state index in [-0.39, 0.29) is 23.9 Å². The predicted molar refractivity (Wildman–Crippen MR) is 85.8 cm³/mol. The third kappa shape index (κ3) is 4.06. The van der Waals surface area contributed by atoms with Crippen molar-refractivity contribution in [3.05, 3.63) is 21.4 Å². The number of nitrogens with zero attached hydrogens (tertiary/aromatic N) is 1. The molecule has 5 heteroatoms. The Balaban J connectivity index is 2.03. The Morgan fingerprint density at radius 1 is 1.29 bits per heavy atom. The van der Waals surface area contributed by atoms with Crippen LogP contribution in [0.25, 0.3) is 0 Å². The third-order valence-corrected chi connectivity index (χ3v) is 4.62. The molecule has 0 atom stereocenters. The number of hydrogen-bond acceptors (Lipinski definition) is 3. The van der Waals surface area contributed by atoms with Crippen molar-refractivity contribution in [2.75, 3.05) is 13.6 Å². The average Bonchev–Trinajstić information content (AvgIpc) is 2.79. The molecule has 2 rings (SSSR count). The smallest absolute Gasteiger partial charge is 0.255 e. The zero-order chi connectivity index (χ0) is 15.6. The van der Waals surface area contributed by atoms with E-state index in [1.165, 1.54) is 21.8 Å². The first-order valence-corrected chi connectivity index (χ1v) is 8.31. The van der Waals surface area contributed by atoms with Gasteiger partial charge in [0.1, 0.15) is 0 Å². The fourth-order valence-electron chi connectivity index (χ4n) is 2.62. The van der Waals surface area contributed by atoms with E-state index in [4.69, 9.17) is 0 Å². The molecule has 0 unspecified atom stereocenters. The van der Waals surface area contributed by atoms with Crippen molar-refractivity contribution in [3.63, 3.8) is 0 Å². The molecule has 2 amide bonds. The summed E-state index contributed by atoms with van der Waals surface area (Å²) in [5, 5.41) is 4.84. The van der Waals surface area contributed by atoms with Gasteiger partial charge in [0.05, 0.1) is 12.1 Å². The largest absolute Gasteiger partial charge is 0.350 e. The van der Waals surface area contributed by atoms with Crippen molar-refractivity contribution >= 4 is 23.2 Å². The average molecular weight is 308 g/mol. The molecule has 116 valence electrons. The molecular formula is C16H24N2O2S. The van der Waals surface area contributed by atoms with Crippen molar-refractivity contribution in [3.8, 4) is 0 Å². The quantitative estimate of drug-likeness (QED) is 0.933. The van der Waals surface area contributed by atoms with Crippen LogP contribution in [0.3, 0.4) is 0 Å². The fraction of sp³-hybridized carbons (Fsp3) is 0.625. The summed E-state index contributed by atoms with van der Waals surface area (Å²) in [6.45, 7) is 5.90. The second kappa shape index (κ2) is 6.18. The number of aryl methyl sites for hydroxylation is 1. The van der Waals surface area contributed by atoms with Crippen LogP contribution in [0.4, 0.5) is 0 Å².